The van der Waals surface area contributed by atoms with Crippen molar-refractivity contribution in [3.05, 3.63) is 60.3 Å². The minimum absolute atomic E-state index is 0.101. The minimum atomic E-state index is -0.101. The van der Waals surface area contributed by atoms with Crippen LogP contribution >= 0.6 is 0 Å². The Hall–Kier alpha value is -2.79. The number of aromatic nitrogens is 2. The Labute approximate surface area is 147 Å². The van der Waals surface area contributed by atoms with E-state index < -0.39 is 0 Å². The Morgan fingerprint density at radius 3 is 2.56 bits per heavy atom. The Morgan fingerprint density at radius 2 is 1.80 bits per heavy atom. The second-order valence-corrected chi connectivity index (χ2v) is 5.69. The third kappa shape index (κ3) is 4.39. The van der Waals surface area contributed by atoms with E-state index in [9.17, 15) is 4.79 Å². The molecule has 128 valence electrons. The summed E-state index contributed by atoms with van der Waals surface area (Å²) in [5.41, 5.74) is 4.06. The van der Waals surface area contributed by atoms with Gasteiger partial charge in [-0.05, 0) is 30.7 Å². The van der Waals surface area contributed by atoms with Crippen LogP contribution in [0.1, 0.15) is 23.7 Å². The number of fused-ring (bicyclic) bond motifs is 1. The van der Waals surface area contributed by atoms with E-state index in [1.54, 1.807) is 18.3 Å². The molecule has 5 heteroatoms. The Bertz CT molecular complexity index is 847. The van der Waals surface area contributed by atoms with Gasteiger partial charge < -0.3 is 10.1 Å². The van der Waals surface area contributed by atoms with E-state index in [4.69, 9.17) is 4.74 Å². The smallest absolute Gasteiger partial charge is 0.251 e. The molecule has 0 fully saturated rings. The highest BCUT2D eigenvalue weighted by molar-refractivity contribution is 5.94. The van der Waals surface area contributed by atoms with Crippen molar-refractivity contribution in [3.63, 3.8) is 0 Å². The number of ether oxygens (including phenoxy) is 1. The molecule has 1 aromatic heterocycles. The minimum Gasteiger partial charge on any atom is -0.380 e. The van der Waals surface area contributed by atoms with Crippen molar-refractivity contribution in [2.24, 2.45) is 0 Å². The molecule has 3 rings (SSSR count). The SMILES string of the molecule is CCCOCCNC(=O)c1ccc(-c2cnc3ccccc3n2)cc1. The van der Waals surface area contributed by atoms with Crippen molar-refractivity contribution in [2.75, 3.05) is 19.8 Å². The number of hydrogen-bond donors (Lipinski definition) is 1. The molecule has 2 aromatic carbocycles. The third-order valence-electron chi connectivity index (χ3n) is 3.77. The van der Waals surface area contributed by atoms with E-state index in [2.05, 4.69) is 22.2 Å². The Balaban J connectivity index is 1.65. The zero-order valence-electron chi connectivity index (χ0n) is 14.2. The van der Waals surface area contributed by atoms with Gasteiger partial charge in [-0.1, -0.05) is 31.2 Å². The molecule has 0 aliphatic rings. The summed E-state index contributed by atoms with van der Waals surface area (Å²) in [5.74, 6) is -0.101. The van der Waals surface area contributed by atoms with Crippen molar-refractivity contribution in [1.29, 1.82) is 0 Å². The van der Waals surface area contributed by atoms with Crippen molar-refractivity contribution in [2.45, 2.75) is 13.3 Å². The van der Waals surface area contributed by atoms with Gasteiger partial charge in [-0.3, -0.25) is 9.78 Å². The monoisotopic (exact) mass is 335 g/mol. The van der Waals surface area contributed by atoms with Gasteiger partial charge in [0.2, 0.25) is 0 Å². The van der Waals surface area contributed by atoms with Crippen LogP contribution < -0.4 is 5.32 Å². The summed E-state index contributed by atoms with van der Waals surface area (Å²) < 4.78 is 5.35. The third-order valence-corrected chi connectivity index (χ3v) is 3.77. The molecule has 0 saturated heterocycles. The predicted octanol–water partition coefficient (Wildman–Crippen LogP) is 3.45. The van der Waals surface area contributed by atoms with E-state index in [0.717, 1.165) is 35.3 Å². The average molecular weight is 335 g/mol. The standard InChI is InChI=1S/C20H21N3O2/c1-2-12-25-13-11-21-20(24)16-9-7-15(8-10-16)19-14-22-17-5-3-4-6-18(17)23-19/h3-10,14H,2,11-13H2,1H3,(H,21,24). The molecule has 3 aromatic rings. The predicted molar refractivity (Wildman–Crippen MR) is 98.4 cm³/mol. The van der Waals surface area contributed by atoms with Crippen LogP contribution in [0.3, 0.4) is 0 Å². The average Bonchev–Trinajstić information content (AvgIpc) is 2.67. The highest BCUT2D eigenvalue weighted by atomic mass is 16.5. The van der Waals surface area contributed by atoms with E-state index in [0.29, 0.717) is 18.7 Å². The summed E-state index contributed by atoms with van der Waals surface area (Å²) in [6.07, 6.45) is 2.73. The zero-order chi connectivity index (χ0) is 17.5. The van der Waals surface area contributed by atoms with Gasteiger partial charge in [0.25, 0.3) is 5.91 Å². The summed E-state index contributed by atoms with van der Waals surface area (Å²) in [7, 11) is 0. The van der Waals surface area contributed by atoms with Crippen LogP contribution in [-0.2, 0) is 4.74 Å². The van der Waals surface area contributed by atoms with Gasteiger partial charge in [0.15, 0.2) is 0 Å². The summed E-state index contributed by atoms with van der Waals surface area (Å²) in [6, 6.07) is 15.1. The lowest BCUT2D eigenvalue weighted by atomic mass is 10.1. The quantitative estimate of drug-likeness (QED) is 0.672. The molecular formula is C20H21N3O2. The maximum atomic E-state index is 12.1. The number of nitrogens with one attached hydrogen (secondary N) is 1. The maximum absolute atomic E-state index is 12.1. The normalized spacial score (nSPS) is 10.8. The molecule has 5 nitrogen and oxygen atoms in total. The van der Waals surface area contributed by atoms with Crippen molar-refractivity contribution >= 4 is 16.9 Å². The number of benzene rings is 2. The molecule has 25 heavy (non-hydrogen) atoms. The Kier molecular flexibility index (Phi) is 5.69. The molecule has 0 radical (unpaired) electrons. The van der Waals surface area contributed by atoms with Gasteiger partial charge in [-0.2, -0.15) is 0 Å². The van der Waals surface area contributed by atoms with Crippen LogP contribution in [0.2, 0.25) is 0 Å². The summed E-state index contributed by atoms with van der Waals surface area (Å²) in [6.45, 7) is 3.82. The van der Waals surface area contributed by atoms with E-state index in [1.807, 2.05) is 36.4 Å². The topological polar surface area (TPSA) is 64.1 Å². The zero-order valence-corrected chi connectivity index (χ0v) is 14.2. The second kappa shape index (κ2) is 8.35. The molecule has 1 heterocycles. The molecule has 0 saturated carbocycles. The van der Waals surface area contributed by atoms with Gasteiger partial charge in [-0.25, -0.2) is 4.98 Å². The fourth-order valence-corrected chi connectivity index (χ4v) is 2.47. The van der Waals surface area contributed by atoms with E-state index in [-0.39, 0.29) is 5.91 Å². The first-order chi connectivity index (χ1) is 12.3. The molecule has 0 aliphatic carbocycles. The maximum Gasteiger partial charge on any atom is 0.251 e. The van der Waals surface area contributed by atoms with Gasteiger partial charge >= 0.3 is 0 Å². The lowest BCUT2D eigenvalue weighted by Crippen LogP contribution is -2.27. The number of para-hydroxylation sites is 2. The summed E-state index contributed by atoms with van der Waals surface area (Å²) >= 11 is 0. The van der Waals surface area contributed by atoms with Gasteiger partial charge in [-0.15, -0.1) is 0 Å². The van der Waals surface area contributed by atoms with Gasteiger partial charge in [0, 0.05) is 24.3 Å². The number of rotatable bonds is 7. The van der Waals surface area contributed by atoms with Crippen LogP contribution in [0.15, 0.2) is 54.7 Å². The molecular weight excluding hydrogens is 314 g/mol. The number of amides is 1. The van der Waals surface area contributed by atoms with Gasteiger partial charge in [0.1, 0.15) is 0 Å². The molecule has 1 N–H and O–H groups in total. The first-order valence-electron chi connectivity index (χ1n) is 8.46. The van der Waals surface area contributed by atoms with E-state index >= 15 is 0 Å². The van der Waals surface area contributed by atoms with Crippen LogP contribution in [0.4, 0.5) is 0 Å². The summed E-state index contributed by atoms with van der Waals surface area (Å²) in [4.78, 5) is 21.1. The van der Waals surface area contributed by atoms with Crippen LogP contribution in [0.5, 0.6) is 0 Å². The largest absolute Gasteiger partial charge is 0.380 e. The van der Waals surface area contributed by atoms with Crippen LogP contribution in [0, 0.1) is 0 Å². The summed E-state index contributed by atoms with van der Waals surface area (Å²) in [5, 5.41) is 2.85. The van der Waals surface area contributed by atoms with E-state index in [1.165, 1.54) is 0 Å². The highest BCUT2D eigenvalue weighted by Gasteiger charge is 2.07. The fourth-order valence-electron chi connectivity index (χ4n) is 2.47. The molecule has 1 amide bonds. The van der Waals surface area contributed by atoms with Crippen LogP contribution in [0.25, 0.3) is 22.3 Å². The van der Waals surface area contributed by atoms with Crippen molar-refractivity contribution in [1.82, 2.24) is 15.3 Å². The number of carbonyl (C=O) groups is 1. The molecule has 0 aliphatic heterocycles. The lowest BCUT2D eigenvalue weighted by molar-refractivity contribution is 0.0915. The second-order valence-electron chi connectivity index (χ2n) is 5.69. The number of nitrogens with zero attached hydrogens (tertiary/aromatic N) is 2. The first-order valence-corrected chi connectivity index (χ1v) is 8.46. The van der Waals surface area contributed by atoms with Crippen molar-refractivity contribution in [3.8, 4) is 11.3 Å². The van der Waals surface area contributed by atoms with Gasteiger partial charge in [0.05, 0.1) is 29.5 Å². The molecule has 0 spiro atoms. The first kappa shape index (κ1) is 17.0. The van der Waals surface area contributed by atoms with Crippen molar-refractivity contribution < 1.29 is 9.53 Å². The number of carbonyl (C=O) groups excluding carboxylic acids is 1. The van der Waals surface area contributed by atoms with Crippen LogP contribution in [-0.4, -0.2) is 35.6 Å². The molecule has 0 unspecified atom stereocenters. The lowest BCUT2D eigenvalue weighted by Gasteiger charge is -2.07. The fraction of sp³-hybridized carbons (Fsp3) is 0.250. The molecule has 0 atom stereocenters. The highest BCUT2D eigenvalue weighted by Crippen LogP contribution is 2.19. The Morgan fingerprint density at radius 1 is 1.04 bits per heavy atom. The number of hydrogen-bond acceptors (Lipinski definition) is 4. The molecule has 0 bridgehead atoms.